The van der Waals surface area contributed by atoms with Gasteiger partial charge >= 0.3 is 6.18 Å². The molecule has 0 bridgehead atoms. The zero-order valence-electron chi connectivity index (χ0n) is 9.74. The third kappa shape index (κ3) is 3.70. The number of halogens is 4. The van der Waals surface area contributed by atoms with Crippen molar-refractivity contribution in [3.05, 3.63) is 35.1 Å². The van der Waals surface area contributed by atoms with E-state index in [2.05, 4.69) is 5.32 Å². The van der Waals surface area contributed by atoms with Crippen molar-refractivity contribution >= 4 is 0 Å². The molecular weight excluding hydrogens is 234 g/mol. The van der Waals surface area contributed by atoms with Crippen molar-refractivity contribution in [3.8, 4) is 0 Å². The molecule has 0 spiro atoms. The molecule has 0 fully saturated rings. The maximum Gasteiger partial charge on any atom is 0.407 e. The van der Waals surface area contributed by atoms with Gasteiger partial charge in [-0.05, 0) is 37.1 Å². The van der Waals surface area contributed by atoms with E-state index in [4.69, 9.17) is 0 Å². The zero-order valence-corrected chi connectivity index (χ0v) is 9.74. The van der Waals surface area contributed by atoms with Crippen LogP contribution in [0.25, 0.3) is 0 Å². The van der Waals surface area contributed by atoms with Gasteiger partial charge in [-0.1, -0.05) is 19.1 Å². The van der Waals surface area contributed by atoms with Gasteiger partial charge in [0.1, 0.15) is 11.9 Å². The molecule has 0 saturated heterocycles. The lowest BCUT2D eigenvalue weighted by Gasteiger charge is -2.22. The second-order valence-corrected chi connectivity index (χ2v) is 3.94. The molecule has 17 heavy (non-hydrogen) atoms. The minimum atomic E-state index is -4.38. The summed E-state index contributed by atoms with van der Waals surface area (Å²) >= 11 is 0. The highest BCUT2D eigenvalue weighted by Crippen LogP contribution is 2.33. The van der Waals surface area contributed by atoms with Gasteiger partial charge < -0.3 is 5.32 Å². The molecular formula is C12H15F4N. The fraction of sp³-hybridized carbons (Fsp3) is 0.500. The summed E-state index contributed by atoms with van der Waals surface area (Å²) in [5.74, 6) is -0.495. The highest BCUT2D eigenvalue weighted by atomic mass is 19.4. The van der Waals surface area contributed by atoms with Crippen LogP contribution < -0.4 is 5.32 Å². The molecule has 0 aliphatic carbocycles. The highest BCUT2D eigenvalue weighted by molar-refractivity contribution is 5.27. The Hall–Kier alpha value is -1.10. The van der Waals surface area contributed by atoms with Crippen LogP contribution in [-0.4, -0.2) is 12.7 Å². The Morgan fingerprint density at radius 3 is 2.41 bits per heavy atom. The van der Waals surface area contributed by atoms with Crippen LogP contribution in [-0.2, 0) is 0 Å². The fourth-order valence-corrected chi connectivity index (χ4v) is 1.56. The van der Waals surface area contributed by atoms with Crippen LogP contribution in [0.1, 0.15) is 30.5 Å². The van der Waals surface area contributed by atoms with Gasteiger partial charge in [0.15, 0.2) is 0 Å². The van der Waals surface area contributed by atoms with Crippen LogP contribution in [0.3, 0.4) is 0 Å². The Labute approximate surface area is 97.8 Å². The van der Waals surface area contributed by atoms with E-state index < -0.39 is 18.0 Å². The van der Waals surface area contributed by atoms with Gasteiger partial charge in [0.25, 0.3) is 0 Å². The molecule has 0 aliphatic heterocycles. The van der Waals surface area contributed by atoms with Crippen molar-refractivity contribution in [2.45, 2.75) is 32.5 Å². The molecule has 0 saturated carbocycles. The first kappa shape index (κ1) is 14.0. The smallest absolute Gasteiger partial charge is 0.302 e. The van der Waals surface area contributed by atoms with E-state index in [1.807, 2.05) is 0 Å². The van der Waals surface area contributed by atoms with E-state index in [0.717, 1.165) is 6.07 Å². The summed E-state index contributed by atoms with van der Waals surface area (Å²) < 4.78 is 51.4. The first-order chi connectivity index (χ1) is 7.86. The average Bonchev–Trinajstić information content (AvgIpc) is 2.22. The summed E-state index contributed by atoms with van der Waals surface area (Å²) in [6.07, 6.45) is -3.77. The van der Waals surface area contributed by atoms with Gasteiger partial charge in [-0.3, -0.25) is 0 Å². The summed E-state index contributed by atoms with van der Waals surface area (Å²) in [6, 6.07) is 1.73. The predicted molar refractivity (Wildman–Crippen MR) is 58.2 cm³/mol. The molecule has 96 valence electrons. The predicted octanol–water partition coefficient (Wildman–Crippen LogP) is 3.74. The summed E-state index contributed by atoms with van der Waals surface area (Å²) in [5, 5.41) is 2.42. The third-order valence-corrected chi connectivity index (χ3v) is 2.44. The summed E-state index contributed by atoms with van der Waals surface area (Å²) in [6.45, 7) is 3.50. The largest absolute Gasteiger partial charge is 0.407 e. The third-order valence-electron chi connectivity index (χ3n) is 2.44. The normalized spacial score (nSPS) is 13.8. The van der Waals surface area contributed by atoms with Crippen LogP contribution in [0.2, 0.25) is 0 Å². The molecule has 1 rings (SSSR count). The average molecular weight is 249 g/mol. The molecule has 1 nitrogen and oxygen atoms in total. The highest BCUT2D eigenvalue weighted by Gasteiger charge is 2.40. The fourth-order valence-electron chi connectivity index (χ4n) is 1.56. The standard InChI is InChI=1S/C12H15F4N/c1-3-6-17-11(12(14,15)16)9-4-5-10(13)8(2)7-9/h4-5,7,11,17H,3,6H2,1-2H3. The number of hydrogen-bond acceptors (Lipinski definition) is 1. The van der Waals surface area contributed by atoms with Gasteiger partial charge in [-0.25, -0.2) is 4.39 Å². The molecule has 0 aromatic heterocycles. The molecule has 0 amide bonds. The van der Waals surface area contributed by atoms with Gasteiger partial charge in [0.05, 0.1) is 0 Å². The van der Waals surface area contributed by atoms with Gasteiger partial charge in [-0.15, -0.1) is 0 Å². The number of hydrogen-bond donors (Lipinski definition) is 1. The SMILES string of the molecule is CCCNC(c1ccc(F)c(C)c1)C(F)(F)F. The maximum atomic E-state index is 13.0. The topological polar surface area (TPSA) is 12.0 Å². The maximum absolute atomic E-state index is 13.0. The van der Waals surface area contributed by atoms with Crippen LogP contribution in [0.5, 0.6) is 0 Å². The van der Waals surface area contributed by atoms with E-state index in [1.165, 1.54) is 19.1 Å². The Morgan fingerprint density at radius 1 is 1.29 bits per heavy atom. The first-order valence-electron chi connectivity index (χ1n) is 5.42. The van der Waals surface area contributed by atoms with Gasteiger partial charge in [0, 0.05) is 0 Å². The Kier molecular flexibility index (Phi) is 4.51. The Balaban J connectivity index is 3.00. The lowest BCUT2D eigenvalue weighted by molar-refractivity contribution is -0.157. The second-order valence-electron chi connectivity index (χ2n) is 3.94. The van der Waals surface area contributed by atoms with Crippen LogP contribution in [0, 0.1) is 12.7 Å². The zero-order chi connectivity index (χ0) is 13.1. The van der Waals surface area contributed by atoms with E-state index in [-0.39, 0.29) is 17.7 Å². The molecule has 0 aliphatic rings. The lowest BCUT2D eigenvalue weighted by Crippen LogP contribution is -2.34. The number of aryl methyl sites for hydroxylation is 1. The Morgan fingerprint density at radius 2 is 1.94 bits per heavy atom. The first-order valence-corrected chi connectivity index (χ1v) is 5.42. The van der Waals surface area contributed by atoms with E-state index in [0.29, 0.717) is 6.42 Å². The van der Waals surface area contributed by atoms with Crippen molar-refractivity contribution < 1.29 is 17.6 Å². The number of benzene rings is 1. The molecule has 0 heterocycles. The van der Waals surface area contributed by atoms with E-state index in [9.17, 15) is 17.6 Å². The molecule has 1 atom stereocenters. The Bertz CT molecular complexity index is 373. The van der Waals surface area contributed by atoms with Crippen molar-refractivity contribution in [1.82, 2.24) is 5.32 Å². The summed E-state index contributed by atoms with van der Waals surface area (Å²) in [4.78, 5) is 0. The van der Waals surface area contributed by atoms with Gasteiger partial charge in [0.2, 0.25) is 0 Å². The quantitative estimate of drug-likeness (QED) is 0.801. The molecule has 1 unspecified atom stereocenters. The van der Waals surface area contributed by atoms with E-state index >= 15 is 0 Å². The number of rotatable bonds is 4. The minimum absolute atomic E-state index is 0.0462. The molecule has 5 heteroatoms. The molecule has 1 aromatic rings. The van der Waals surface area contributed by atoms with Gasteiger partial charge in [-0.2, -0.15) is 13.2 Å². The second kappa shape index (κ2) is 5.49. The summed E-state index contributed by atoms with van der Waals surface area (Å²) in [5.41, 5.74) is 0.264. The van der Waals surface area contributed by atoms with Crippen molar-refractivity contribution in [2.24, 2.45) is 0 Å². The number of alkyl halides is 3. The minimum Gasteiger partial charge on any atom is -0.302 e. The van der Waals surface area contributed by atoms with Crippen LogP contribution >= 0.6 is 0 Å². The monoisotopic (exact) mass is 249 g/mol. The molecule has 0 radical (unpaired) electrons. The number of nitrogens with one attached hydrogen (secondary N) is 1. The van der Waals surface area contributed by atoms with Crippen molar-refractivity contribution in [1.29, 1.82) is 0 Å². The van der Waals surface area contributed by atoms with Crippen LogP contribution in [0.15, 0.2) is 18.2 Å². The lowest BCUT2D eigenvalue weighted by atomic mass is 10.0. The van der Waals surface area contributed by atoms with Crippen LogP contribution in [0.4, 0.5) is 17.6 Å². The van der Waals surface area contributed by atoms with Crippen molar-refractivity contribution in [3.63, 3.8) is 0 Å². The van der Waals surface area contributed by atoms with Crippen molar-refractivity contribution in [2.75, 3.05) is 6.54 Å². The van der Waals surface area contributed by atoms with E-state index in [1.54, 1.807) is 6.92 Å². The molecule has 1 N–H and O–H groups in total. The summed E-state index contributed by atoms with van der Waals surface area (Å²) in [7, 11) is 0. The molecule has 1 aromatic carbocycles.